The Bertz CT molecular complexity index is 3750. The molecule has 0 aromatic heterocycles. The lowest BCUT2D eigenvalue weighted by Gasteiger charge is -2.35. The molecule has 10 aromatic rings. The van der Waals surface area contributed by atoms with Gasteiger partial charge in [0, 0.05) is 11.4 Å². The number of imide groups is 2. The summed E-state index contributed by atoms with van der Waals surface area (Å²) in [4.78, 5) is 47.3. The summed E-state index contributed by atoms with van der Waals surface area (Å²) in [7, 11) is 0. The molecule has 0 spiro atoms. The van der Waals surface area contributed by atoms with Crippen molar-refractivity contribution in [3.8, 4) is 55.6 Å². The van der Waals surface area contributed by atoms with Gasteiger partial charge in [0.15, 0.2) is 0 Å². The second-order valence-corrected chi connectivity index (χ2v) is 21.0. The standard InChI is InChI=1S/C70H56N6O4/c1-41-5-21-51(22-6-41)69(52-23-7-42(2)8-24-52)61-37-47(45-13-29-55(30-14-45)73-67(79)75-65(71)77)17-33-57(61)59-35-19-49(39-63(59)69)50-20-36-60-58-34-18-48(46-15-31-56(32-16-46)74-68(80)76-66(72)78)38-62(58)70(64(60)40-50,53-25-9-43(3)10-26-53)54-27-11-44(4)12-28-54/h5-40H,1-4H3,(H4,71,73,75,77,79)(H4,72,74,76,78,80). The lowest BCUT2D eigenvalue weighted by molar-refractivity contribution is 0.236. The lowest BCUT2D eigenvalue weighted by Crippen LogP contribution is -2.38. The van der Waals surface area contributed by atoms with Gasteiger partial charge in [0.2, 0.25) is 0 Å². The molecule has 80 heavy (non-hydrogen) atoms. The fraction of sp³-hybridized carbons (Fsp3) is 0.0857. The fourth-order valence-corrected chi connectivity index (χ4v) is 12.2. The quantitative estimate of drug-likeness (QED) is 0.0847. The van der Waals surface area contributed by atoms with Crippen LogP contribution in [0.5, 0.6) is 0 Å². The summed E-state index contributed by atoms with van der Waals surface area (Å²) in [6.45, 7) is 8.50. The summed E-state index contributed by atoms with van der Waals surface area (Å²) in [5.41, 5.74) is 34.7. The van der Waals surface area contributed by atoms with Crippen LogP contribution in [-0.2, 0) is 10.8 Å². The molecule has 2 aliphatic rings. The van der Waals surface area contributed by atoms with Gasteiger partial charge in [-0.3, -0.25) is 10.6 Å². The highest BCUT2D eigenvalue weighted by Crippen LogP contribution is 2.60. The first-order valence-corrected chi connectivity index (χ1v) is 26.5. The largest absolute Gasteiger partial charge is 0.351 e. The molecule has 0 radical (unpaired) electrons. The number of hydrogen-bond donors (Lipinski definition) is 6. The Morgan fingerprint density at radius 2 is 0.525 bits per heavy atom. The maximum atomic E-state index is 12.3. The van der Waals surface area contributed by atoms with Crippen molar-refractivity contribution in [1.82, 2.24) is 10.6 Å². The van der Waals surface area contributed by atoms with Gasteiger partial charge >= 0.3 is 24.1 Å². The van der Waals surface area contributed by atoms with Gasteiger partial charge in [-0.1, -0.05) is 192 Å². The van der Waals surface area contributed by atoms with E-state index in [1.165, 1.54) is 33.4 Å². The number of aryl methyl sites for hydroxylation is 4. The monoisotopic (exact) mass is 1040 g/mol. The predicted octanol–water partition coefficient (Wildman–Crippen LogP) is 15.0. The van der Waals surface area contributed by atoms with Crippen molar-refractivity contribution in [3.05, 3.63) is 285 Å². The minimum absolute atomic E-state index is 0.520. The Morgan fingerprint density at radius 3 is 0.762 bits per heavy atom. The number of benzene rings is 10. The van der Waals surface area contributed by atoms with E-state index in [1.807, 2.05) is 48.5 Å². The van der Waals surface area contributed by atoms with E-state index in [2.05, 4.69) is 219 Å². The molecule has 0 heterocycles. The van der Waals surface area contributed by atoms with E-state index in [0.717, 1.165) is 89.0 Å². The van der Waals surface area contributed by atoms with E-state index < -0.39 is 35.0 Å². The molecule has 10 heteroatoms. The van der Waals surface area contributed by atoms with Crippen LogP contribution in [0.3, 0.4) is 0 Å². The molecule has 0 bridgehead atoms. The highest BCUT2D eigenvalue weighted by molar-refractivity contribution is 6.01. The Labute approximate surface area is 464 Å². The second kappa shape index (κ2) is 19.9. The molecule has 2 aliphatic carbocycles. The normalized spacial score (nSPS) is 13.0. The number of fused-ring (bicyclic) bond motifs is 6. The van der Waals surface area contributed by atoms with Gasteiger partial charge in [-0.25, -0.2) is 19.2 Å². The van der Waals surface area contributed by atoms with Gasteiger partial charge in [-0.05, 0) is 176 Å². The van der Waals surface area contributed by atoms with Crippen LogP contribution in [-0.4, -0.2) is 24.1 Å². The van der Waals surface area contributed by atoms with Crippen molar-refractivity contribution in [2.45, 2.75) is 38.5 Å². The third-order valence-electron chi connectivity index (χ3n) is 16.0. The van der Waals surface area contributed by atoms with Gasteiger partial charge < -0.3 is 22.1 Å². The van der Waals surface area contributed by atoms with Crippen LogP contribution in [0.4, 0.5) is 30.6 Å². The number of amides is 8. The number of primary amides is 2. The average Bonchev–Trinajstić information content (AvgIpc) is 4.09. The van der Waals surface area contributed by atoms with E-state index in [4.69, 9.17) is 11.5 Å². The van der Waals surface area contributed by atoms with Crippen molar-refractivity contribution in [1.29, 1.82) is 0 Å². The third kappa shape index (κ3) is 8.73. The summed E-state index contributed by atoms with van der Waals surface area (Å²) in [6.07, 6.45) is 0. The molecule has 0 saturated heterocycles. The number of anilines is 2. The highest BCUT2D eigenvalue weighted by atomic mass is 16.2. The van der Waals surface area contributed by atoms with Crippen molar-refractivity contribution in [3.63, 3.8) is 0 Å². The van der Waals surface area contributed by atoms with Gasteiger partial charge in [0.25, 0.3) is 0 Å². The smallest absolute Gasteiger partial charge is 0.327 e. The van der Waals surface area contributed by atoms with Gasteiger partial charge in [-0.15, -0.1) is 0 Å². The van der Waals surface area contributed by atoms with Crippen molar-refractivity contribution in [2.75, 3.05) is 10.6 Å². The van der Waals surface area contributed by atoms with E-state index >= 15 is 0 Å². The summed E-state index contributed by atoms with van der Waals surface area (Å²) >= 11 is 0. The molecule has 8 N–H and O–H groups in total. The maximum Gasteiger partial charge on any atom is 0.327 e. The maximum absolute atomic E-state index is 12.3. The number of urea groups is 4. The zero-order chi connectivity index (χ0) is 55.5. The molecule has 0 unspecified atom stereocenters. The topological polar surface area (TPSA) is 168 Å². The minimum Gasteiger partial charge on any atom is -0.351 e. The summed E-state index contributed by atoms with van der Waals surface area (Å²) in [5, 5.41) is 9.47. The van der Waals surface area contributed by atoms with E-state index in [0.29, 0.717) is 11.4 Å². The molecule has 0 aliphatic heterocycles. The molecule has 12 rings (SSSR count). The SMILES string of the molecule is Cc1ccc(C2(c3ccc(C)cc3)c3cc(-c4ccc(NC(=O)NC(N)=O)cc4)ccc3-c3ccc(-c4ccc5c(c4)C(c4ccc(C)cc4)(c4ccc(C)cc4)c4cc(-c6ccc(NC(=O)NC(N)=O)cc6)ccc4-5)cc32)cc1. The number of rotatable bonds is 9. The Hall–Kier alpha value is -10.3. The lowest BCUT2D eigenvalue weighted by atomic mass is 9.66. The number of nitrogens with one attached hydrogen (secondary N) is 4. The first-order valence-electron chi connectivity index (χ1n) is 26.5. The molecule has 390 valence electrons. The van der Waals surface area contributed by atoms with Crippen molar-refractivity contribution >= 4 is 35.5 Å². The van der Waals surface area contributed by atoms with E-state index in [9.17, 15) is 19.2 Å². The van der Waals surface area contributed by atoms with Crippen molar-refractivity contribution < 1.29 is 19.2 Å². The zero-order valence-corrected chi connectivity index (χ0v) is 44.6. The van der Waals surface area contributed by atoms with Crippen molar-refractivity contribution in [2.24, 2.45) is 11.5 Å². The third-order valence-corrected chi connectivity index (χ3v) is 16.0. The molecule has 10 aromatic carbocycles. The minimum atomic E-state index is -0.932. The Kier molecular flexibility index (Phi) is 12.6. The first-order chi connectivity index (χ1) is 38.7. The second-order valence-electron chi connectivity index (χ2n) is 21.0. The number of carbonyl (C=O) groups is 4. The number of hydrogen-bond acceptors (Lipinski definition) is 4. The van der Waals surface area contributed by atoms with Crippen LogP contribution in [0, 0.1) is 27.7 Å². The van der Waals surface area contributed by atoms with Crippen LogP contribution < -0.4 is 32.7 Å². The zero-order valence-electron chi connectivity index (χ0n) is 44.6. The summed E-state index contributed by atoms with van der Waals surface area (Å²) < 4.78 is 0. The van der Waals surface area contributed by atoms with Gasteiger partial charge in [-0.2, -0.15) is 0 Å². The molecular formula is C70H56N6O4. The summed E-state index contributed by atoms with van der Waals surface area (Å²) in [6, 6.07) is 75.2. The van der Waals surface area contributed by atoms with Crippen LogP contribution in [0.1, 0.15) is 66.8 Å². The number of carbonyl (C=O) groups excluding carboxylic acids is 4. The van der Waals surface area contributed by atoms with Crippen LogP contribution in [0.25, 0.3) is 55.6 Å². The van der Waals surface area contributed by atoms with E-state index in [-0.39, 0.29) is 0 Å². The fourth-order valence-electron chi connectivity index (χ4n) is 12.2. The molecular weight excluding hydrogens is 989 g/mol. The van der Waals surface area contributed by atoms with Gasteiger partial charge in [0.1, 0.15) is 0 Å². The van der Waals surface area contributed by atoms with E-state index in [1.54, 1.807) is 0 Å². The molecule has 0 fully saturated rings. The Balaban J connectivity index is 1.03. The molecule has 10 nitrogen and oxygen atoms in total. The highest BCUT2D eigenvalue weighted by Gasteiger charge is 2.48. The number of nitrogens with two attached hydrogens (primary N) is 2. The predicted molar refractivity (Wildman–Crippen MR) is 320 cm³/mol. The van der Waals surface area contributed by atoms with Crippen LogP contribution in [0.15, 0.2) is 218 Å². The summed E-state index contributed by atoms with van der Waals surface area (Å²) in [5.74, 6) is 0. The van der Waals surface area contributed by atoms with Crippen LogP contribution >= 0.6 is 0 Å². The molecule has 0 saturated carbocycles. The van der Waals surface area contributed by atoms with Gasteiger partial charge in [0.05, 0.1) is 10.8 Å². The Morgan fingerprint density at radius 1 is 0.300 bits per heavy atom. The van der Waals surface area contributed by atoms with Crippen LogP contribution in [0.2, 0.25) is 0 Å². The average molecular weight is 1050 g/mol. The molecule has 8 amide bonds. The molecule has 0 atom stereocenters. The first kappa shape index (κ1) is 50.5.